The molecule has 1 unspecified atom stereocenters. The molecule has 4 rings (SSSR count). The van der Waals surface area contributed by atoms with Crippen molar-refractivity contribution < 1.29 is 9.47 Å². The van der Waals surface area contributed by atoms with Crippen LogP contribution in [-0.2, 0) is 16.1 Å². The molecule has 25 heavy (non-hydrogen) atoms. The summed E-state index contributed by atoms with van der Waals surface area (Å²) >= 11 is 0. The second kappa shape index (κ2) is 7.45. The second-order valence-corrected chi connectivity index (χ2v) is 6.94. The first-order chi connectivity index (χ1) is 12.3. The highest BCUT2D eigenvalue weighted by Crippen LogP contribution is 2.35. The van der Waals surface area contributed by atoms with Gasteiger partial charge in [0, 0.05) is 31.3 Å². The molecule has 2 aliphatic rings. The van der Waals surface area contributed by atoms with E-state index in [0.29, 0.717) is 18.6 Å². The van der Waals surface area contributed by atoms with E-state index in [1.807, 2.05) is 31.5 Å². The van der Waals surface area contributed by atoms with Gasteiger partial charge in [-0.2, -0.15) is 0 Å². The first-order valence-electron chi connectivity index (χ1n) is 8.93. The number of aromatic nitrogens is 3. The van der Waals surface area contributed by atoms with Crippen molar-refractivity contribution in [2.45, 2.75) is 38.5 Å². The Labute approximate surface area is 148 Å². The predicted octanol–water partition coefficient (Wildman–Crippen LogP) is 2.38. The van der Waals surface area contributed by atoms with Gasteiger partial charge in [0.1, 0.15) is 0 Å². The fourth-order valence-corrected chi connectivity index (χ4v) is 3.79. The van der Waals surface area contributed by atoms with Crippen LogP contribution in [-0.4, -0.2) is 46.9 Å². The summed E-state index contributed by atoms with van der Waals surface area (Å²) in [6, 6.07) is 4.34. The number of fused-ring (bicyclic) bond motifs is 1. The lowest BCUT2D eigenvalue weighted by Crippen LogP contribution is -2.49. The Hall–Kier alpha value is -2.05. The van der Waals surface area contributed by atoms with Crippen LogP contribution in [0.3, 0.4) is 0 Å². The summed E-state index contributed by atoms with van der Waals surface area (Å²) in [5.41, 5.74) is 2.25. The number of pyridine rings is 1. The number of ether oxygens (including phenoxy) is 2. The molecule has 1 aliphatic heterocycles. The Morgan fingerprint density at radius 3 is 2.80 bits per heavy atom. The van der Waals surface area contributed by atoms with Gasteiger partial charge in [0.15, 0.2) is 0 Å². The summed E-state index contributed by atoms with van der Waals surface area (Å²) in [6.07, 6.45) is 9.75. The number of aryl methyl sites for hydroxylation is 1. The van der Waals surface area contributed by atoms with Gasteiger partial charge in [-0.25, -0.2) is 9.97 Å². The molecule has 1 saturated heterocycles. The summed E-state index contributed by atoms with van der Waals surface area (Å²) in [5.74, 6) is 1.34. The molecule has 2 aromatic heterocycles. The molecular weight excluding hydrogens is 316 g/mol. The molecule has 0 radical (unpaired) electrons. The van der Waals surface area contributed by atoms with Crippen LogP contribution < -0.4 is 4.90 Å². The Bertz CT molecular complexity index is 680. The van der Waals surface area contributed by atoms with E-state index in [4.69, 9.17) is 9.47 Å². The molecule has 0 aromatic carbocycles. The zero-order valence-corrected chi connectivity index (χ0v) is 14.5. The van der Waals surface area contributed by atoms with Crippen molar-refractivity contribution in [2.24, 2.45) is 5.92 Å². The van der Waals surface area contributed by atoms with Crippen LogP contribution in [0.4, 0.5) is 5.95 Å². The van der Waals surface area contributed by atoms with Gasteiger partial charge < -0.3 is 14.4 Å². The average molecular weight is 340 g/mol. The smallest absolute Gasteiger partial charge is 0.225 e. The molecule has 0 amide bonds. The molecule has 0 spiro atoms. The number of rotatable bonds is 5. The van der Waals surface area contributed by atoms with Crippen molar-refractivity contribution in [3.05, 3.63) is 48.0 Å². The molecule has 1 saturated carbocycles. The van der Waals surface area contributed by atoms with Crippen LogP contribution in [0.15, 0.2) is 36.9 Å². The molecule has 3 heterocycles. The van der Waals surface area contributed by atoms with Gasteiger partial charge in [-0.15, -0.1) is 0 Å². The van der Waals surface area contributed by atoms with Gasteiger partial charge in [0.25, 0.3) is 0 Å². The third kappa shape index (κ3) is 3.80. The molecule has 1 aliphatic carbocycles. The first-order valence-corrected chi connectivity index (χ1v) is 8.93. The normalized spacial score (nSPS) is 25.8. The summed E-state index contributed by atoms with van der Waals surface area (Å²) in [5, 5.41) is 0. The van der Waals surface area contributed by atoms with Crippen molar-refractivity contribution in [2.75, 3.05) is 24.7 Å². The number of morpholine rings is 1. The largest absolute Gasteiger partial charge is 0.376 e. The fraction of sp³-hybridized carbons (Fsp3) is 0.526. The first kappa shape index (κ1) is 16.4. The van der Waals surface area contributed by atoms with Crippen molar-refractivity contribution in [1.29, 1.82) is 0 Å². The highest BCUT2D eigenvalue weighted by Gasteiger charge is 2.42. The molecule has 2 aromatic rings. The fourth-order valence-electron chi connectivity index (χ4n) is 3.79. The zero-order chi connectivity index (χ0) is 17.1. The summed E-state index contributed by atoms with van der Waals surface area (Å²) in [6.45, 7) is 5.01. The zero-order valence-electron chi connectivity index (χ0n) is 14.5. The number of hydrogen-bond acceptors (Lipinski definition) is 6. The number of nitrogens with zero attached hydrogens (tertiary/aromatic N) is 4. The molecular formula is C19H24N4O2. The molecule has 3 atom stereocenters. The van der Waals surface area contributed by atoms with Gasteiger partial charge >= 0.3 is 0 Å². The summed E-state index contributed by atoms with van der Waals surface area (Å²) in [4.78, 5) is 15.4. The van der Waals surface area contributed by atoms with Crippen LogP contribution >= 0.6 is 0 Å². The monoisotopic (exact) mass is 340 g/mol. The Morgan fingerprint density at radius 2 is 2.00 bits per heavy atom. The number of anilines is 1. The van der Waals surface area contributed by atoms with Crippen molar-refractivity contribution in [3.63, 3.8) is 0 Å². The van der Waals surface area contributed by atoms with Gasteiger partial charge in [0.05, 0.1) is 32.0 Å². The predicted molar refractivity (Wildman–Crippen MR) is 94.3 cm³/mol. The Balaban J connectivity index is 1.35. The van der Waals surface area contributed by atoms with Crippen molar-refractivity contribution >= 4 is 5.95 Å². The lowest BCUT2D eigenvalue weighted by Gasteiger charge is -2.37. The Morgan fingerprint density at radius 1 is 1.20 bits per heavy atom. The molecule has 0 N–H and O–H groups in total. The maximum Gasteiger partial charge on any atom is 0.225 e. The van der Waals surface area contributed by atoms with E-state index in [1.54, 1.807) is 12.4 Å². The standard InChI is InChI=1S/C19H24N4O2/c1-14-10-21-19(22-11-14)23-6-7-25-18-9-16(8-17(18)23)13-24-12-15-2-4-20-5-3-15/h2-5,10-11,16-18H,6-9,12-13H2,1H3/t16?,17-,18-/m1/s1. The topological polar surface area (TPSA) is 60.4 Å². The van der Waals surface area contributed by atoms with E-state index in [1.165, 1.54) is 0 Å². The summed E-state index contributed by atoms with van der Waals surface area (Å²) < 4.78 is 11.9. The minimum Gasteiger partial charge on any atom is -0.376 e. The average Bonchev–Trinajstić information content (AvgIpc) is 3.06. The van der Waals surface area contributed by atoms with Crippen molar-refractivity contribution in [3.8, 4) is 0 Å². The van der Waals surface area contributed by atoms with Crippen LogP contribution in [0.5, 0.6) is 0 Å². The van der Waals surface area contributed by atoms with Crippen LogP contribution in [0.25, 0.3) is 0 Å². The van der Waals surface area contributed by atoms with Crippen LogP contribution in [0, 0.1) is 12.8 Å². The van der Waals surface area contributed by atoms with Crippen molar-refractivity contribution in [1.82, 2.24) is 15.0 Å². The number of hydrogen-bond donors (Lipinski definition) is 0. The van der Waals surface area contributed by atoms with E-state index < -0.39 is 0 Å². The van der Waals surface area contributed by atoms with E-state index >= 15 is 0 Å². The minimum absolute atomic E-state index is 0.258. The molecule has 2 fully saturated rings. The Kier molecular flexibility index (Phi) is 4.90. The van der Waals surface area contributed by atoms with E-state index in [9.17, 15) is 0 Å². The van der Waals surface area contributed by atoms with Gasteiger partial charge in [0.2, 0.25) is 5.95 Å². The molecule has 0 bridgehead atoms. The minimum atomic E-state index is 0.258. The second-order valence-electron chi connectivity index (χ2n) is 6.94. The van der Waals surface area contributed by atoms with Gasteiger partial charge in [-0.3, -0.25) is 4.98 Å². The lowest BCUT2D eigenvalue weighted by molar-refractivity contribution is 0.0200. The highest BCUT2D eigenvalue weighted by atomic mass is 16.5. The molecule has 6 heteroatoms. The van der Waals surface area contributed by atoms with Crippen LogP contribution in [0.2, 0.25) is 0 Å². The van der Waals surface area contributed by atoms with Gasteiger partial charge in [-0.05, 0) is 48.9 Å². The third-order valence-electron chi connectivity index (χ3n) is 5.03. The maximum atomic E-state index is 6.01. The van der Waals surface area contributed by atoms with E-state index in [2.05, 4.69) is 19.9 Å². The lowest BCUT2D eigenvalue weighted by atomic mass is 10.1. The quantitative estimate of drug-likeness (QED) is 0.833. The van der Waals surface area contributed by atoms with E-state index in [-0.39, 0.29) is 6.10 Å². The third-order valence-corrected chi connectivity index (χ3v) is 5.03. The molecule has 6 nitrogen and oxygen atoms in total. The summed E-state index contributed by atoms with van der Waals surface area (Å²) in [7, 11) is 0. The van der Waals surface area contributed by atoms with Gasteiger partial charge in [-0.1, -0.05) is 0 Å². The molecule has 132 valence electrons. The SMILES string of the molecule is Cc1cnc(N2CCO[C@@H]3CC(COCc4ccncc4)C[C@H]32)nc1. The maximum absolute atomic E-state index is 6.01. The van der Waals surface area contributed by atoms with E-state index in [0.717, 1.165) is 49.7 Å². The van der Waals surface area contributed by atoms with Crippen LogP contribution in [0.1, 0.15) is 24.0 Å². The highest BCUT2D eigenvalue weighted by molar-refractivity contribution is 5.34.